The Kier molecular flexibility index (Phi) is 13.4. The maximum absolute atomic E-state index is 13.6. The van der Waals surface area contributed by atoms with Gasteiger partial charge in [0.15, 0.2) is 5.75 Å². The number of alkyl halides is 3. The Labute approximate surface area is 265 Å². The third kappa shape index (κ3) is 10.8. The summed E-state index contributed by atoms with van der Waals surface area (Å²) in [6.45, 7) is 0.831. The van der Waals surface area contributed by atoms with Gasteiger partial charge in [-0.05, 0) is 60.9 Å². The lowest BCUT2D eigenvalue weighted by Crippen LogP contribution is -2.52. The molecule has 0 saturated carbocycles. The summed E-state index contributed by atoms with van der Waals surface area (Å²) in [6.07, 6.45) is -4.67. The van der Waals surface area contributed by atoms with Gasteiger partial charge >= 0.3 is 6.18 Å². The number of hydrogen-bond donors (Lipinski definition) is 5. The molecule has 3 amide bonds. The molecule has 0 spiro atoms. The summed E-state index contributed by atoms with van der Waals surface area (Å²) < 4.78 is 51.9. The van der Waals surface area contributed by atoms with Crippen LogP contribution in [0.4, 0.5) is 18.9 Å². The number of hydrogen-bond acceptors (Lipinski definition) is 8. The van der Waals surface area contributed by atoms with Crippen molar-refractivity contribution in [1.82, 2.24) is 10.2 Å². The van der Waals surface area contributed by atoms with Crippen LogP contribution < -0.4 is 37.3 Å². The van der Waals surface area contributed by atoms with Gasteiger partial charge in [-0.15, -0.1) is 0 Å². The fourth-order valence-corrected chi connectivity index (χ4v) is 4.47. The minimum Gasteiger partial charge on any atom is -0.497 e. The molecule has 0 heterocycles. The van der Waals surface area contributed by atoms with E-state index in [2.05, 4.69) is 10.6 Å². The number of nitrogens with zero attached hydrogens (tertiary/aromatic N) is 1. The fourth-order valence-electron chi connectivity index (χ4n) is 4.47. The lowest BCUT2D eigenvalue weighted by molar-refractivity contribution is -0.137. The monoisotopic (exact) mass is 644 g/mol. The molecule has 3 aromatic rings. The van der Waals surface area contributed by atoms with Gasteiger partial charge in [-0.1, -0.05) is 30.3 Å². The molecule has 2 atom stereocenters. The van der Waals surface area contributed by atoms with E-state index in [1.165, 1.54) is 12.0 Å². The SMILES string of the molecule is COc1ccc(Oc2ccc(C(F)(F)F)cc2NC(=O)[C@H](CCc2ccccc2)NC(=O)[C@@H](N)CC(=O)N(CCN)CCN)cc1. The van der Waals surface area contributed by atoms with Gasteiger partial charge in [0.1, 0.15) is 17.5 Å². The predicted molar refractivity (Wildman–Crippen MR) is 167 cm³/mol. The average Bonchev–Trinajstić information content (AvgIpc) is 3.03. The minimum absolute atomic E-state index is 0.0677. The molecule has 11 nitrogen and oxygen atoms in total. The largest absolute Gasteiger partial charge is 0.497 e. The van der Waals surface area contributed by atoms with Gasteiger partial charge in [0.25, 0.3) is 0 Å². The summed E-state index contributed by atoms with van der Waals surface area (Å²) in [7, 11) is 1.48. The molecule has 3 rings (SSSR count). The molecular weight excluding hydrogens is 605 g/mol. The zero-order chi connectivity index (χ0) is 33.7. The Bertz CT molecular complexity index is 1430. The Morgan fingerprint density at radius 1 is 0.891 bits per heavy atom. The first kappa shape index (κ1) is 35.8. The normalized spacial score (nSPS) is 12.5. The summed E-state index contributed by atoms with van der Waals surface area (Å²) >= 11 is 0. The summed E-state index contributed by atoms with van der Waals surface area (Å²) in [6, 6.07) is 15.5. The fraction of sp³-hybridized carbons (Fsp3) is 0.344. The Morgan fingerprint density at radius 2 is 1.52 bits per heavy atom. The third-order valence-corrected chi connectivity index (χ3v) is 6.93. The summed E-state index contributed by atoms with van der Waals surface area (Å²) in [4.78, 5) is 40.8. The van der Waals surface area contributed by atoms with Crippen LogP contribution in [0.5, 0.6) is 17.2 Å². The highest BCUT2D eigenvalue weighted by Gasteiger charge is 2.32. The number of rotatable bonds is 16. The molecule has 14 heteroatoms. The van der Waals surface area contributed by atoms with Crippen LogP contribution in [0.1, 0.15) is 24.0 Å². The molecule has 0 bridgehead atoms. The summed E-state index contributed by atoms with van der Waals surface area (Å²) in [5.74, 6) is -1.29. The van der Waals surface area contributed by atoms with Crippen LogP contribution in [-0.4, -0.2) is 68.0 Å². The Balaban J connectivity index is 1.85. The second-order valence-electron chi connectivity index (χ2n) is 10.3. The lowest BCUT2D eigenvalue weighted by Gasteiger charge is -2.24. The van der Waals surface area contributed by atoms with E-state index in [1.54, 1.807) is 24.3 Å². The van der Waals surface area contributed by atoms with Crippen LogP contribution >= 0.6 is 0 Å². The molecule has 3 aromatic carbocycles. The summed E-state index contributed by atoms with van der Waals surface area (Å²) in [5.41, 5.74) is 16.7. The van der Waals surface area contributed by atoms with Crippen molar-refractivity contribution in [3.05, 3.63) is 83.9 Å². The van der Waals surface area contributed by atoms with Crippen molar-refractivity contribution in [1.29, 1.82) is 0 Å². The van der Waals surface area contributed by atoms with Crippen LogP contribution in [-0.2, 0) is 27.0 Å². The Morgan fingerprint density at radius 3 is 2.11 bits per heavy atom. The van der Waals surface area contributed by atoms with Gasteiger partial charge in [-0.25, -0.2) is 0 Å². The van der Waals surface area contributed by atoms with Crippen molar-refractivity contribution in [2.24, 2.45) is 17.2 Å². The molecule has 0 aliphatic heterocycles. The molecule has 0 unspecified atom stereocenters. The number of amides is 3. The third-order valence-electron chi connectivity index (χ3n) is 6.93. The number of methoxy groups -OCH3 is 1. The lowest BCUT2D eigenvalue weighted by atomic mass is 10.0. The predicted octanol–water partition coefficient (Wildman–Crippen LogP) is 3.03. The smallest absolute Gasteiger partial charge is 0.416 e. The van der Waals surface area contributed by atoms with E-state index >= 15 is 0 Å². The first-order chi connectivity index (χ1) is 21.9. The topological polar surface area (TPSA) is 175 Å². The van der Waals surface area contributed by atoms with E-state index in [4.69, 9.17) is 26.7 Å². The van der Waals surface area contributed by atoms with Crippen molar-refractivity contribution in [2.45, 2.75) is 37.5 Å². The molecule has 0 aliphatic carbocycles. The number of benzene rings is 3. The standard InChI is InChI=1S/C32H39F3N6O5/c1-45-23-9-11-24(12-10-23)46-28-14-8-22(32(33,34)35)19-27(28)40-31(44)26(13-7-21-5-3-2-4-6-21)39-30(43)25(38)20-29(42)41(17-15-36)18-16-37/h2-6,8-12,14,19,25-26H,7,13,15-18,20,36-38H2,1H3,(H,39,43)(H,40,44)/t25-,26-/m0/s1. The highest BCUT2D eigenvalue weighted by Crippen LogP contribution is 2.37. The number of nitrogens with two attached hydrogens (primary N) is 3. The molecule has 0 aliphatic rings. The van der Waals surface area contributed by atoms with Crippen molar-refractivity contribution >= 4 is 23.4 Å². The molecule has 0 radical (unpaired) electrons. The van der Waals surface area contributed by atoms with Crippen LogP contribution in [0, 0.1) is 0 Å². The highest BCUT2D eigenvalue weighted by molar-refractivity contribution is 5.99. The van der Waals surface area contributed by atoms with Crippen LogP contribution in [0.2, 0.25) is 0 Å². The quantitative estimate of drug-likeness (QED) is 0.158. The average molecular weight is 645 g/mol. The van der Waals surface area contributed by atoms with Crippen LogP contribution in [0.3, 0.4) is 0 Å². The molecule has 46 heavy (non-hydrogen) atoms. The second kappa shape index (κ2) is 17.1. The van der Waals surface area contributed by atoms with Crippen molar-refractivity contribution in [3.8, 4) is 17.2 Å². The summed E-state index contributed by atoms with van der Waals surface area (Å²) in [5, 5.41) is 5.06. The van der Waals surface area contributed by atoms with Crippen molar-refractivity contribution < 1.29 is 37.0 Å². The van der Waals surface area contributed by atoms with E-state index < -0.39 is 41.5 Å². The molecular formula is C32H39F3N6O5. The zero-order valence-corrected chi connectivity index (χ0v) is 25.4. The van der Waals surface area contributed by atoms with Crippen LogP contribution in [0.25, 0.3) is 0 Å². The first-order valence-electron chi connectivity index (χ1n) is 14.6. The van der Waals surface area contributed by atoms with Gasteiger partial charge in [-0.2, -0.15) is 13.2 Å². The maximum Gasteiger partial charge on any atom is 0.416 e. The molecule has 248 valence electrons. The maximum atomic E-state index is 13.6. The Hall–Kier alpha value is -4.66. The highest BCUT2D eigenvalue weighted by atomic mass is 19.4. The zero-order valence-electron chi connectivity index (χ0n) is 25.4. The van der Waals surface area contributed by atoms with Crippen molar-refractivity contribution in [2.75, 3.05) is 38.6 Å². The molecule has 0 fully saturated rings. The number of ether oxygens (including phenoxy) is 2. The van der Waals surface area contributed by atoms with Gasteiger partial charge in [-0.3, -0.25) is 14.4 Å². The number of halogens is 3. The molecule has 0 aromatic heterocycles. The minimum atomic E-state index is -4.71. The first-order valence-corrected chi connectivity index (χ1v) is 14.6. The van der Waals surface area contributed by atoms with E-state index in [0.29, 0.717) is 12.2 Å². The number of anilines is 1. The second-order valence-corrected chi connectivity index (χ2v) is 10.3. The van der Waals surface area contributed by atoms with E-state index in [-0.39, 0.29) is 56.2 Å². The van der Waals surface area contributed by atoms with E-state index in [0.717, 1.165) is 23.8 Å². The molecule has 8 N–H and O–H groups in total. The van der Waals surface area contributed by atoms with E-state index in [9.17, 15) is 27.6 Å². The van der Waals surface area contributed by atoms with Crippen molar-refractivity contribution in [3.63, 3.8) is 0 Å². The van der Waals surface area contributed by atoms with E-state index in [1.807, 2.05) is 30.3 Å². The van der Waals surface area contributed by atoms with Gasteiger partial charge < -0.3 is 42.2 Å². The van der Waals surface area contributed by atoms with Gasteiger partial charge in [0, 0.05) is 26.2 Å². The molecule has 0 saturated heterocycles. The van der Waals surface area contributed by atoms with Gasteiger partial charge in [0.2, 0.25) is 17.7 Å². The number of aryl methyl sites for hydroxylation is 1. The van der Waals surface area contributed by atoms with Gasteiger partial charge in [0.05, 0.1) is 30.8 Å². The number of carbonyl (C=O) groups is 3. The number of nitrogens with one attached hydrogen (secondary N) is 2. The number of carbonyl (C=O) groups excluding carboxylic acids is 3. The van der Waals surface area contributed by atoms with Crippen LogP contribution in [0.15, 0.2) is 72.8 Å².